The number of aliphatic hydroxyl groups is 1. The fraction of sp³-hybridized carbons (Fsp3) is 0.271. The van der Waals surface area contributed by atoms with E-state index in [2.05, 4.69) is 41.4 Å². The third-order valence-corrected chi connectivity index (χ3v) is 11.3. The maximum atomic E-state index is 13.3. The van der Waals surface area contributed by atoms with Crippen LogP contribution in [0.5, 0.6) is 5.75 Å². The van der Waals surface area contributed by atoms with Crippen molar-refractivity contribution in [1.82, 2.24) is 4.98 Å². The molecule has 0 bridgehead atoms. The molecule has 2 heterocycles. The summed E-state index contributed by atoms with van der Waals surface area (Å²) in [6.07, 6.45) is 2.16. The molecule has 0 spiro atoms. The largest absolute Gasteiger partial charge is 0.494 e. The molecule has 0 amide bonds. The predicted octanol–water partition coefficient (Wildman–Crippen LogP) is 9.30. The molecule has 1 aliphatic heterocycles. The Morgan fingerprint density at radius 2 is 1.09 bits per heavy atom. The van der Waals surface area contributed by atoms with Crippen LogP contribution in [0, 0.1) is 0 Å². The fourth-order valence-electron chi connectivity index (χ4n) is 6.97. The van der Waals surface area contributed by atoms with E-state index in [1.54, 1.807) is 6.20 Å². The van der Waals surface area contributed by atoms with E-state index in [1.807, 2.05) is 128 Å². The maximum Gasteiger partial charge on any atom is 0.166 e. The second-order valence-corrected chi connectivity index (χ2v) is 15.4. The Morgan fingerprint density at radius 3 is 1.64 bits per heavy atom. The summed E-state index contributed by atoms with van der Waals surface area (Å²) in [5.41, 5.74) is 6.80. The first-order valence-electron chi connectivity index (χ1n) is 19.2. The molecule has 0 radical (unpaired) electrons. The van der Waals surface area contributed by atoms with Gasteiger partial charge in [0.2, 0.25) is 0 Å². The highest BCUT2D eigenvalue weighted by atomic mass is 32.2. The number of aromatic nitrogens is 1. The van der Waals surface area contributed by atoms with Crippen molar-refractivity contribution in [1.29, 1.82) is 0 Å². The predicted molar refractivity (Wildman–Crippen MR) is 221 cm³/mol. The summed E-state index contributed by atoms with van der Waals surface area (Å²) in [7, 11) is 0. The average molecular weight is 768 g/mol. The molecule has 0 aliphatic carbocycles. The van der Waals surface area contributed by atoms with Gasteiger partial charge in [-0.15, -0.1) is 11.8 Å². The zero-order valence-electron chi connectivity index (χ0n) is 31.7. The van der Waals surface area contributed by atoms with Gasteiger partial charge in [-0.1, -0.05) is 133 Å². The first-order chi connectivity index (χ1) is 27.6. The van der Waals surface area contributed by atoms with E-state index < -0.39 is 23.2 Å². The zero-order valence-corrected chi connectivity index (χ0v) is 32.5. The van der Waals surface area contributed by atoms with Crippen LogP contribution in [0.1, 0.15) is 45.9 Å². The van der Waals surface area contributed by atoms with Gasteiger partial charge in [0, 0.05) is 18.0 Å². The Balaban J connectivity index is 1.26. The lowest BCUT2D eigenvalue weighted by molar-refractivity contribution is -0.199. The molecular formula is C48H49NO6S. The van der Waals surface area contributed by atoms with Crippen LogP contribution in [0.25, 0.3) is 0 Å². The van der Waals surface area contributed by atoms with Crippen molar-refractivity contribution in [2.45, 2.75) is 68.3 Å². The molecule has 5 aromatic carbocycles. The second kappa shape index (κ2) is 19.9. The molecule has 1 aliphatic rings. The number of hydrogen-bond acceptors (Lipinski definition) is 8. The number of nitrogens with zero attached hydrogens (tertiary/aromatic N) is 1. The van der Waals surface area contributed by atoms with Gasteiger partial charge in [-0.3, -0.25) is 4.98 Å². The van der Waals surface area contributed by atoms with Crippen molar-refractivity contribution in [3.63, 3.8) is 0 Å². The molecule has 6 aromatic rings. The molecule has 56 heavy (non-hydrogen) atoms. The van der Waals surface area contributed by atoms with Crippen molar-refractivity contribution in [2.75, 3.05) is 13.2 Å². The lowest BCUT2D eigenvalue weighted by atomic mass is 9.92. The van der Waals surface area contributed by atoms with Crippen LogP contribution < -0.4 is 4.74 Å². The molecule has 8 heteroatoms. The fourth-order valence-corrected chi connectivity index (χ4v) is 8.55. The van der Waals surface area contributed by atoms with Crippen LogP contribution in [-0.2, 0) is 56.7 Å². The number of pyridine rings is 1. The number of benzene rings is 5. The van der Waals surface area contributed by atoms with E-state index in [-0.39, 0.29) is 11.9 Å². The van der Waals surface area contributed by atoms with E-state index >= 15 is 0 Å². The molecular weight excluding hydrogens is 719 g/mol. The van der Waals surface area contributed by atoms with Gasteiger partial charge in [0.05, 0.1) is 44.9 Å². The highest BCUT2D eigenvalue weighted by Gasteiger charge is 2.57. The van der Waals surface area contributed by atoms with Crippen molar-refractivity contribution < 1.29 is 28.8 Å². The molecule has 0 saturated carbocycles. The SMILES string of the molecule is CCOc1ccc(Cc2cncc([C@]3(O)S[C@@H](COCc4ccccc4)[C@@H](OCc4ccccc4)[C@H](OCc4ccccc4)[C@H]3OCc3ccccc3)c2)cc1. The molecule has 1 fully saturated rings. The molecule has 5 atom stereocenters. The topological polar surface area (TPSA) is 79.3 Å². The Labute approximate surface area is 334 Å². The van der Waals surface area contributed by atoms with E-state index in [0.717, 1.165) is 39.1 Å². The monoisotopic (exact) mass is 767 g/mol. The zero-order chi connectivity index (χ0) is 38.4. The molecule has 1 aromatic heterocycles. The van der Waals surface area contributed by atoms with Crippen LogP contribution in [0.2, 0.25) is 0 Å². The van der Waals surface area contributed by atoms with Gasteiger partial charge in [0.15, 0.2) is 4.93 Å². The third-order valence-electron chi connectivity index (χ3n) is 9.79. The van der Waals surface area contributed by atoms with Gasteiger partial charge in [-0.05, 0) is 64.9 Å². The van der Waals surface area contributed by atoms with Crippen LogP contribution >= 0.6 is 11.8 Å². The second-order valence-electron chi connectivity index (χ2n) is 13.9. The number of hydrogen-bond donors (Lipinski definition) is 1. The van der Waals surface area contributed by atoms with Gasteiger partial charge >= 0.3 is 0 Å². The third kappa shape index (κ3) is 10.5. The van der Waals surface area contributed by atoms with Gasteiger partial charge in [0.1, 0.15) is 24.1 Å². The van der Waals surface area contributed by atoms with Gasteiger partial charge < -0.3 is 28.8 Å². The lowest BCUT2D eigenvalue weighted by Gasteiger charge is -2.50. The minimum absolute atomic E-state index is 0.263. The molecule has 7 nitrogen and oxygen atoms in total. The summed E-state index contributed by atoms with van der Waals surface area (Å²) in [5.74, 6) is 0.834. The molecule has 288 valence electrons. The van der Waals surface area contributed by atoms with Gasteiger partial charge in [-0.25, -0.2) is 0 Å². The first kappa shape index (κ1) is 39.4. The molecule has 1 saturated heterocycles. The highest BCUT2D eigenvalue weighted by Crippen LogP contribution is 2.50. The number of ether oxygens (including phenoxy) is 5. The number of thioether (sulfide) groups is 1. The minimum Gasteiger partial charge on any atom is -0.494 e. The lowest BCUT2D eigenvalue weighted by Crippen LogP contribution is -2.61. The van der Waals surface area contributed by atoms with Crippen molar-refractivity contribution in [3.8, 4) is 5.75 Å². The maximum absolute atomic E-state index is 13.3. The summed E-state index contributed by atoms with van der Waals surface area (Å²) >= 11 is 1.40. The average Bonchev–Trinajstić information content (AvgIpc) is 3.24. The van der Waals surface area contributed by atoms with Gasteiger partial charge in [-0.2, -0.15) is 0 Å². The van der Waals surface area contributed by atoms with Crippen LogP contribution in [-0.4, -0.2) is 46.9 Å². The Kier molecular flexibility index (Phi) is 14.0. The number of rotatable bonds is 18. The van der Waals surface area contributed by atoms with Crippen LogP contribution in [0.3, 0.4) is 0 Å². The first-order valence-corrected chi connectivity index (χ1v) is 20.1. The Bertz CT molecular complexity index is 2040. The standard InChI is InChI=1S/C48H49NO6S/c1-2-52-43-25-23-36(24-26-43)27-41-28-42(30-49-29-41)48(50)47(55-34-40-21-13-6-14-22-40)46(54-33-39-19-11-5-12-20-39)45(53-32-38-17-9-4-10-18-38)44(56-48)35-51-31-37-15-7-3-8-16-37/h3-26,28-30,44-47,50H,2,27,31-35H2,1H3/t44-,45+,46-,47+,48-/m0/s1. The summed E-state index contributed by atoms with van der Waals surface area (Å²) in [5, 5.41) is 13.0. The van der Waals surface area contributed by atoms with Crippen molar-refractivity contribution in [2.24, 2.45) is 0 Å². The van der Waals surface area contributed by atoms with E-state index in [1.165, 1.54) is 11.8 Å². The summed E-state index contributed by atoms with van der Waals surface area (Å²) in [6, 6.07) is 50.5. The Hall–Kier alpha value is -4.80. The summed E-state index contributed by atoms with van der Waals surface area (Å²) in [4.78, 5) is 3.09. The van der Waals surface area contributed by atoms with Crippen molar-refractivity contribution >= 4 is 11.8 Å². The van der Waals surface area contributed by atoms with E-state index in [4.69, 9.17) is 23.7 Å². The van der Waals surface area contributed by atoms with Crippen LogP contribution in [0.15, 0.2) is 164 Å². The molecule has 7 rings (SSSR count). The van der Waals surface area contributed by atoms with E-state index in [9.17, 15) is 5.11 Å². The normalized spacial score (nSPS) is 20.8. The Morgan fingerprint density at radius 1 is 0.571 bits per heavy atom. The highest BCUT2D eigenvalue weighted by molar-refractivity contribution is 8.00. The minimum atomic E-state index is -1.59. The van der Waals surface area contributed by atoms with Crippen molar-refractivity contribution in [3.05, 3.63) is 203 Å². The molecule has 0 unspecified atom stereocenters. The summed E-state index contributed by atoms with van der Waals surface area (Å²) in [6.45, 7) is 4.24. The van der Waals surface area contributed by atoms with E-state index in [0.29, 0.717) is 45.0 Å². The quantitative estimate of drug-likeness (QED) is 0.0928. The summed E-state index contributed by atoms with van der Waals surface area (Å²) < 4.78 is 32.8. The van der Waals surface area contributed by atoms with Crippen LogP contribution in [0.4, 0.5) is 0 Å². The van der Waals surface area contributed by atoms with Gasteiger partial charge in [0.25, 0.3) is 0 Å². The molecule has 1 N–H and O–H groups in total. The smallest absolute Gasteiger partial charge is 0.166 e.